The quantitative estimate of drug-likeness (QED) is 0.534. The number of hydrogen-bond donors (Lipinski definition) is 1. The van der Waals surface area contributed by atoms with Gasteiger partial charge in [-0.05, 0) is 29.1 Å². The molecule has 0 saturated heterocycles. The van der Waals surface area contributed by atoms with Gasteiger partial charge in [-0.1, -0.05) is 48.5 Å². The Hall–Kier alpha value is -3.38. The molecule has 0 unspecified atom stereocenters. The molecule has 0 bridgehead atoms. The first kappa shape index (κ1) is 15.7. The van der Waals surface area contributed by atoms with Crippen molar-refractivity contribution in [1.82, 2.24) is 14.8 Å². The molecule has 0 aliphatic carbocycles. The Labute approximate surface area is 165 Å². The number of anilines is 1. The van der Waals surface area contributed by atoms with E-state index in [9.17, 15) is 0 Å². The minimum absolute atomic E-state index is 0.0876. The highest BCUT2D eigenvalue weighted by atomic mass is 32.1. The molecule has 28 heavy (non-hydrogen) atoms. The molecule has 136 valence electrons. The Morgan fingerprint density at radius 3 is 2.68 bits per heavy atom. The molecule has 0 radical (unpaired) electrons. The van der Waals surface area contributed by atoms with Gasteiger partial charge in [0, 0.05) is 16.0 Å². The van der Waals surface area contributed by atoms with Crippen molar-refractivity contribution in [3.63, 3.8) is 0 Å². The second-order valence-corrected chi connectivity index (χ2v) is 7.79. The Balaban J connectivity index is 1.65. The second-order valence-electron chi connectivity index (χ2n) is 6.81. The van der Waals surface area contributed by atoms with Crippen molar-refractivity contribution in [1.29, 1.82) is 0 Å². The number of hydrogen-bond acceptors (Lipinski definition) is 5. The smallest absolute Gasteiger partial charge is 0.226 e. The maximum absolute atomic E-state index is 6.54. The van der Waals surface area contributed by atoms with Gasteiger partial charge >= 0.3 is 0 Å². The zero-order valence-corrected chi connectivity index (χ0v) is 15.6. The van der Waals surface area contributed by atoms with Crippen LogP contribution in [0.3, 0.4) is 0 Å². The molecule has 0 fully saturated rings. The molecule has 6 heteroatoms. The van der Waals surface area contributed by atoms with Crippen LogP contribution in [0.4, 0.5) is 5.95 Å². The molecule has 0 spiro atoms. The van der Waals surface area contributed by atoms with Gasteiger partial charge in [0.05, 0.1) is 5.70 Å². The molecule has 2 aliphatic rings. The van der Waals surface area contributed by atoms with Gasteiger partial charge in [0.15, 0.2) is 6.10 Å². The van der Waals surface area contributed by atoms with E-state index in [1.807, 2.05) is 28.9 Å². The van der Waals surface area contributed by atoms with Crippen molar-refractivity contribution in [3.05, 3.63) is 100 Å². The van der Waals surface area contributed by atoms with Crippen molar-refractivity contribution in [3.8, 4) is 5.75 Å². The predicted molar refractivity (Wildman–Crippen MR) is 109 cm³/mol. The van der Waals surface area contributed by atoms with E-state index in [0.717, 1.165) is 34.1 Å². The fraction of sp³-hybridized carbons (Fsp3) is 0.0909. The van der Waals surface area contributed by atoms with Crippen LogP contribution in [0.5, 0.6) is 5.75 Å². The number of aromatic nitrogens is 3. The third kappa shape index (κ3) is 2.25. The number of thiophene rings is 1. The average molecular weight is 384 g/mol. The fourth-order valence-corrected chi connectivity index (χ4v) is 4.82. The Kier molecular flexibility index (Phi) is 3.39. The Morgan fingerprint density at radius 1 is 0.964 bits per heavy atom. The van der Waals surface area contributed by atoms with Gasteiger partial charge in [0.2, 0.25) is 5.95 Å². The number of para-hydroxylation sites is 1. The topological polar surface area (TPSA) is 52.0 Å². The molecule has 2 aromatic heterocycles. The van der Waals surface area contributed by atoms with Gasteiger partial charge < -0.3 is 10.1 Å². The van der Waals surface area contributed by atoms with Crippen molar-refractivity contribution in [2.45, 2.75) is 12.1 Å². The highest BCUT2D eigenvalue weighted by Crippen LogP contribution is 2.51. The summed E-state index contributed by atoms with van der Waals surface area (Å²) in [4.78, 5) is 5.63. The molecule has 4 heterocycles. The molecule has 2 aliphatic heterocycles. The van der Waals surface area contributed by atoms with Crippen LogP contribution < -0.4 is 10.1 Å². The first-order valence-corrected chi connectivity index (χ1v) is 10.0. The lowest BCUT2D eigenvalue weighted by Gasteiger charge is -2.38. The normalized spacial score (nSPS) is 19.9. The third-order valence-corrected chi connectivity index (χ3v) is 6.15. The van der Waals surface area contributed by atoms with Crippen LogP contribution in [0.15, 0.2) is 84.0 Å². The SMILES string of the molecule is c1ccc([C@H]2C3=C(Nc4ncnn42)c2ccccc2O[C@H]3c2cccs2)cc1. The van der Waals surface area contributed by atoms with Gasteiger partial charge in [0.25, 0.3) is 0 Å². The average Bonchev–Trinajstić information content (AvgIpc) is 3.44. The van der Waals surface area contributed by atoms with E-state index in [0.29, 0.717) is 0 Å². The summed E-state index contributed by atoms with van der Waals surface area (Å²) in [6.45, 7) is 0. The maximum Gasteiger partial charge on any atom is 0.226 e. The first-order valence-electron chi connectivity index (χ1n) is 9.15. The van der Waals surface area contributed by atoms with Crippen LogP contribution >= 0.6 is 11.3 Å². The minimum atomic E-state index is -0.181. The zero-order valence-electron chi connectivity index (χ0n) is 14.8. The molecule has 1 N–H and O–H groups in total. The summed E-state index contributed by atoms with van der Waals surface area (Å²) in [5.74, 6) is 1.63. The fourth-order valence-electron chi connectivity index (χ4n) is 4.05. The molecule has 2 aromatic carbocycles. The van der Waals surface area contributed by atoms with Crippen LogP contribution in [0.2, 0.25) is 0 Å². The number of ether oxygens (including phenoxy) is 1. The highest BCUT2D eigenvalue weighted by molar-refractivity contribution is 7.10. The van der Waals surface area contributed by atoms with E-state index in [1.165, 1.54) is 4.88 Å². The van der Waals surface area contributed by atoms with Gasteiger partial charge in [-0.15, -0.1) is 11.3 Å². The minimum Gasteiger partial charge on any atom is -0.480 e. The van der Waals surface area contributed by atoms with Crippen LogP contribution in [0, 0.1) is 0 Å². The summed E-state index contributed by atoms with van der Waals surface area (Å²) >= 11 is 1.71. The van der Waals surface area contributed by atoms with Crippen molar-refractivity contribution in [2.75, 3.05) is 5.32 Å². The summed E-state index contributed by atoms with van der Waals surface area (Å²) in [5, 5.41) is 10.1. The third-order valence-electron chi connectivity index (χ3n) is 5.24. The number of nitrogens with one attached hydrogen (secondary N) is 1. The van der Waals surface area contributed by atoms with E-state index < -0.39 is 0 Å². The van der Waals surface area contributed by atoms with E-state index in [1.54, 1.807) is 17.7 Å². The Bertz CT molecular complexity index is 1180. The number of fused-ring (bicyclic) bond motifs is 3. The van der Waals surface area contributed by atoms with Crippen LogP contribution in [-0.4, -0.2) is 14.8 Å². The predicted octanol–water partition coefficient (Wildman–Crippen LogP) is 4.90. The number of benzene rings is 2. The molecule has 6 rings (SSSR count). The van der Waals surface area contributed by atoms with Gasteiger partial charge in [-0.3, -0.25) is 0 Å². The van der Waals surface area contributed by atoms with Crippen molar-refractivity contribution >= 4 is 23.0 Å². The van der Waals surface area contributed by atoms with Gasteiger partial charge in [0.1, 0.15) is 18.1 Å². The molecule has 5 nitrogen and oxygen atoms in total. The molecule has 0 saturated carbocycles. The summed E-state index contributed by atoms with van der Waals surface area (Å²) in [5.41, 5.74) is 4.44. The van der Waals surface area contributed by atoms with Crippen LogP contribution in [-0.2, 0) is 0 Å². The van der Waals surface area contributed by atoms with Crippen molar-refractivity contribution in [2.24, 2.45) is 0 Å². The van der Waals surface area contributed by atoms with Crippen molar-refractivity contribution < 1.29 is 4.74 Å². The van der Waals surface area contributed by atoms with E-state index >= 15 is 0 Å². The zero-order chi connectivity index (χ0) is 18.5. The number of nitrogens with zero attached hydrogens (tertiary/aromatic N) is 3. The van der Waals surface area contributed by atoms with E-state index in [-0.39, 0.29) is 12.1 Å². The Morgan fingerprint density at radius 2 is 1.82 bits per heavy atom. The number of rotatable bonds is 2. The summed E-state index contributed by atoms with van der Waals surface area (Å²) in [6.07, 6.45) is 1.42. The van der Waals surface area contributed by atoms with Gasteiger partial charge in [-0.25, -0.2) is 4.68 Å². The second kappa shape index (κ2) is 6.07. The standard InChI is InChI=1S/C22H16N4OS/c1-2-7-14(8-3-1)20-18-19(25-22-23-13-24-26(20)22)15-9-4-5-10-16(15)27-21(18)17-11-6-12-28-17/h1-13,20-21H,(H,23,24,25)/t20-,21-/m0/s1. The lowest BCUT2D eigenvalue weighted by atomic mass is 9.87. The molecular formula is C22H16N4OS. The largest absolute Gasteiger partial charge is 0.480 e. The molecule has 0 amide bonds. The van der Waals surface area contributed by atoms with Crippen LogP contribution in [0.1, 0.15) is 28.1 Å². The van der Waals surface area contributed by atoms with Gasteiger partial charge in [-0.2, -0.15) is 10.1 Å². The monoisotopic (exact) mass is 384 g/mol. The molecule has 2 atom stereocenters. The summed E-state index contributed by atoms with van der Waals surface area (Å²) < 4.78 is 8.49. The highest BCUT2D eigenvalue weighted by Gasteiger charge is 2.41. The van der Waals surface area contributed by atoms with Crippen LogP contribution in [0.25, 0.3) is 5.70 Å². The molecular weight excluding hydrogens is 368 g/mol. The van der Waals surface area contributed by atoms with E-state index in [2.05, 4.69) is 63.2 Å². The maximum atomic E-state index is 6.54. The lowest BCUT2D eigenvalue weighted by Crippen LogP contribution is -2.32. The summed E-state index contributed by atoms with van der Waals surface area (Å²) in [6, 6.07) is 22.7. The lowest BCUT2D eigenvalue weighted by molar-refractivity contribution is 0.226. The molecule has 4 aromatic rings. The summed E-state index contributed by atoms with van der Waals surface area (Å²) in [7, 11) is 0. The van der Waals surface area contributed by atoms with E-state index in [4.69, 9.17) is 4.74 Å². The first-order chi connectivity index (χ1) is 13.9.